The standard InChI is InChI=1S/C14H25N5O/c1-4-11-7-19(6-5-12(11)15)8-13(20)16-14-9(2)17-18-10(14)3/h11-12H,4-8,15H2,1-3H3,(H,16,20)(H,17,18). The molecule has 1 amide bonds. The van der Waals surface area contributed by atoms with Crippen LogP contribution in [0, 0.1) is 19.8 Å². The van der Waals surface area contributed by atoms with Gasteiger partial charge in [-0.15, -0.1) is 0 Å². The summed E-state index contributed by atoms with van der Waals surface area (Å²) in [5, 5.41) is 9.90. The monoisotopic (exact) mass is 279 g/mol. The highest BCUT2D eigenvalue weighted by Crippen LogP contribution is 2.19. The molecule has 0 aromatic carbocycles. The Morgan fingerprint density at radius 3 is 2.90 bits per heavy atom. The zero-order valence-corrected chi connectivity index (χ0v) is 12.6. The first-order valence-corrected chi connectivity index (χ1v) is 7.30. The summed E-state index contributed by atoms with van der Waals surface area (Å²) in [5.41, 5.74) is 8.61. The maximum Gasteiger partial charge on any atom is 0.238 e. The van der Waals surface area contributed by atoms with Crippen molar-refractivity contribution >= 4 is 11.6 Å². The molecule has 4 N–H and O–H groups in total. The van der Waals surface area contributed by atoms with Crippen molar-refractivity contribution in [3.63, 3.8) is 0 Å². The van der Waals surface area contributed by atoms with E-state index in [2.05, 4.69) is 27.3 Å². The number of rotatable bonds is 4. The van der Waals surface area contributed by atoms with Crippen LogP contribution in [0.1, 0.15) is 31.2 Å². The number of aromatic nitrogens is 2. The van der Waals surface area contributed by atoms with Crippen LogP contribution >= 0.6 is 0 Å². The number of anilines is 1. The Labute approximate surface area is 120 Å². The fourth-order valence-electron chi connectivity index (χ4n) is 2.82. The van der Waals surface area contributed by atoms with Crippen molar-refractivity contribution in [1.82, 2.24) is 15.1 Å². The Morgan fingerprint density at radius 1 is 1.55 bits per heavy atom. The van der Waals surface area contributed by atoms with E-state index in [9.17, 15) is 4.79 Å². The number of piperidine rings is 1. The SMILES string of the molecule is CCC1CN(CC(=O)Nc2c(C)n[nH]c2C)CCC1N. The van der Waals surface area contributed by atoms with Crippen LogP contribution in [-0.2, 0) is 4.79 Å². The average molecular weight is 279 g/mol. The van der Waals surface area contributed by atoms with Gasteiger partial charge in [0.2, 0.25) is 5.91 Å². The number of nitrogens with zero attached hydrogens (tertiary/aromatic N) is 2. The number of carbonyl (C=O) groups is 1. The van der Waals surface area contributed by atoms with Gasteiger partial charge in [0.15, 0.2) is 0 Å². The van der Waals surface area contributed by atoms with Crippen molar-refractivity contribution in [3.8, 4) is 0 Å². The Hall–Kier alpha value is -1.40. The molecule has 1 aliphatic rings. The molecule has 0 radical (unpaired) electrons. The molecule has 20 heavy (non-hydrogen) atoms. The molecule has 0 bridgehead atoms. The summed E-state index contributed by atoms with van der Waals surface area (Å²) in [7, 11) is 0. The molecule has 1 aromatic rings. The van der Waals surface area contributed by atoms with E-state index in [1.807, 2.05) is 13.8 Å². The highest BCUT2D eigenvalue weighted by molar-refractivity contribution is 5.93. The minimum atomic E-state index is 0.0166. The highest BCUT2D eigenvalue weighted by Gasteiger charge is 2.26. The third-order valence-electron chi connectivity index (χ3n) is 4.16. The van der Waals surface area contributed by atoms with E-state index in [1.54, 1.807) is 0 Å². The lowest BCUT2D eigenvalue weighted by atomic mass is 9.91. The van der Waals surface area contributed by atoms with E-state index in [4.69, 9.17) is 5.73 Å². The number of nitrogens with one attached hydrogen (secondary N) is 2. The third kappa shape index (κ3) is 3.37. The second-order valence-corrected chi connectivity index (χ2v) is 5.71. The van der Waals surface area contributed by atoms with Gasteiger partial charge in [-0.1, -0.05) is 13.3 Å². The van der Waals surface area contributed by atoms with Crippen LogP contribution in [0.25, 0.3) is 0 Å². The number of hydrogen-bond acceptors (Lipinski definition) is 4. The molecule has 0 spiro atoms. The maximum absolute atomic E-state index is 12.1. The van der Waals surface area contributed by atoms with Gasteiger partial charge in [0, 0.05) is 19.1 Å². The summed E-state index contributed by atoms with van der Waals surface area (Å²) in [6.07, 6.45) is 2.04. The zero-order valence-electron chi connectivity index (χ0n) is 12.6. The quantitative estimate of drug-likeness (QED) is 0.768. The first-order valence-electron chi connectivity index (χ1n) is 7.30. The lowest BCUT2D eigenvalue weighted by Gasteiger charge is -2.36. The molecule has 1 saturated heterocycles. The fourth-order valence-corrected chi connectivity index (χ4v) is 2.82. The van der Waals surface area contributed by atoms with Gasteiger partial charge < -0.3 is 11.1 Å². The minimum Gasteiger partial charge on any atom is -0.327 e. The average Bonchev–Trinajstić information content (AvgIpc) is 2.72. The predicted molar refractivity (Wildman–Crippen MR) is 79.5 cm³/mol. The van der Waals surface area contributed by atoms with Crippen LogP contribution in [0.4, 0.5) is 5.69 Å². The number of H-pyrrole nitrogens is 1. The van der Waals surface area contributed by atoms with Crippen molar-refractivity contribution in [2.75, 3.05) is 25.0 Å². The molecule has 112 valence electrons. The number of carbonyl (C=O) groups excluding carboxylic acids is 1. The summed E-state index contributed by atoms with van der Waals surface area (Å²) >= 11 is 0. The van der Waals surface area contributed by atoms with Gasteiger partial charge in [-0.2, -0.15) is 5.10 Å². The molecule has 2 unspecified atom stereocenters. The lowest BCUT2D eigenvalue weighted by molar-refractivity contribution is -0.117. The second-order valence-electron chi connectivity index (χ2n) is 5.71. The van der Waals surface area contributed by atoms with Gasteiger partial charge in [0.1, 0.15) is 0 Å². The number of hydrogen-bond donors (Lipinski definition) is 3. The number of amides is 1. The van der Waals surface area contributed by atoms with E-state index in [1.165, 1.54) is 0 Å². The van der Waals surface area contributed by atoms with E-state index in [0.29, 0.717) is 12.5 Å². The van der Waals surface area contributed by atoms with E-state index in [0.717, 1.165) is 43.0 Å². The molecule has 0 aliphatic carbocycles. The molecular weight excluding hydrogens is 254 g/mol. The third-order valence-corrected chi connectivity index (χ3v) is 4.16. The molecule has 1 aliphatic heterocycles. The molecular formula is C14H25N5O. The van der Waals surface area contributed by atoms with Gasteiger partial charge >= 0.3 is 0 Å². The molecule has 2 rings (SSSR count). The van der Waals surface area contributed by atoms with Crippen LogP contribution in [0.15, 0.2) is 0 Å². The Bertz CT molecular complexity index is 451. The molecule has 6 heteroatoms. The van der Waals surface area contributed by atoms with Gasteiger partial charge in [-0.25, -0.2) is 0 Å². The summed E-state index contributed by atoms with van der Waals surface area (Å²) in [4.78, 5) is 14.3. The van der Waals surface area contributed by atoms with Crippen LogP contribution < -0.4 is 11.1 Å². The van der Waals surface area contributed by atoms with Gasteiger partial charge in [0.05, 0.1) is 23.6 Å². The summed E-state index contributed by atoms with van der Waals surface area (Å²) < 4.78 is 0. The highest BCUT2D eigenvalue weighted by atomic mass is 16.2. The minimum absolute atomic E-state index is 0.0166. The zero-order chi connectivity index (χ0) is 14.7. The first kappa shape index (κ1) is 15.0. The number of aromatic amines is 1. The molecule has 0 saturated carbocycles. The summed E-state index contributed by atoms with van der Waals surface area (Å²) in [6, 6.07) is 0.276. The second kappa shape index (κ2) is 6.37. The molecule has 2 heterocycles. The summed E-state index contributed by atoms with van der Waals surface area (Å²) in [5.74, 6) is 0.511. The first-order chi connectivity index (χ1) is 9.51. The van der Waals surface area contributed by atoms with Crippen molar-refractivity contribution in [2.45, 2.75) is 39.7 Å². The Morgan fingerprint density at radius 2 is 2.30 bits per heavy atom. The lowest BCUT2D eigenvalue weighted by Crippen LogP contribution is -2.48. The van der Waals surface area contributed by atoms with Crippen LogP contribution in [-0.4, -0.2) is 46.7 Å². The predicted octanol–water partition coefficient (Wildman–Crippen LogP) is 1.02. The normalized spacial score (nSPS) is 23.8. The van der Waals surface area contributed by atoms with Crippen molar-refractivity contribution < 1.29 is 4.79 Å². The molecule has 2 atom stereocenters. The largest absolute Gasteiger partial charge is 0.327 e. The van der Waals surface area contributed by atoms with Crippen LogP contribution in [0.3, 0.4) is 0 Å². The van der Waals surface area contributed by atoms with E-state index < -0.39 is 0 Å². The topological polar surface area (TPSA) is 87.0 Å². The number of aryl methyl sites for hydroxylation is 2. The molecule has 1 aromatic heterocycles. The number of nitrogens with two attached hydrogens (primary N) is 1. The van der Waals surface area contributed by atoms with Crippen molar-refractivity contribution in [2.24, 2.45) is 11.7 Å². The van der Waals surface area contributed by atoms with E-state index >= 15 is 0 Å². The van der Waals surface area contributed by atoms with Gasteiger partial charge in [0.25, 0.3) is 0 Å². The maximum atomic E-state index is 12.1. The fraction of sp³-hybridized carbons (Fsp3) is 0.714. The van der Waals surface area contributed by atoms with Crippen LogP contribution in [0.2, 0.25) is 0 Å². The Kier molecular flexibility index (Phi) is 4.77. The Balaban J connectivity index is 1.89. The van der Waals surface area contributed by atoms with Gasteiger partial charge in [-0.3, -0.25) is 14.8 Å². The molecule has 6 nitrogen and oxygen atoms in total. The van der Waals surface area contributed by atoms with Crippen LogP contribution in [0.5, 0.6) is 0 Å². The van der Waals surface area contributed by atoms with Crippen molar-refractivity contribution in [3.05, 3.63) is 11.4 Å². The smallest absolute Gasteiger partial charge is 0.238 e. The van der Waals surface area contributed by atoms with Crippen molar-refractivity contribution in [1.29, 1.82) is 0 Å². The number of likely N-dealkylation sites (tertiary alicyclic amines) is 1. The molecule has 1 fully saturated rings. The van der Waals surface area contributed by atoms with Gasteiger partial charge in [-0.05, 0) is 26.2 Å². The summed E-state index contributed by atoms with van der Waals surface area (Å²) in [6.45, 7) is 8.18. The van der Waals surface area contributed by atoms with E-state index in [-0.39, 0.29) is 11.9 Å².